The Labute approximate surface area is 339 Å². The van der Waals surface area contributed by atoms with Gasteiger partial charge >= 0.3 is 0 Å². The molecular formula is C40H42O10S5. The summed E-state index contributed by atoms with van der Waals surface area (Å²) >= 11 is 8.53. The minimum absolute atomic E-state index is 0.365. The predicted molar refractivity (Wildman–Crippen MR) is 217 cm³/mol. The van der Waals surface area contributed by atoms with Crippen molar-refractivity contribution < 1.29 is 47.4 Å². The Balaban J connectivity index is 1.15. The van der Waals surface area contributed by atoms with Crippen molar-refractivity contribution in [2.45, 2.75) is 64.2 Å². The van der Waals surface area contributed by atoms with Crippen LogP contribution in [0.1, 0.15) is 72.9 Å². The van der Waals surface area contributed by atoms with Crippen molar-refractivity contribution in [2.75, 3.05) is 66.1 Å². The summed E-state index contributed by atoms with van der Waals surface area (Å²) in [6.07, 6.45) is 3.41. The van der Waals surface area contributed by atoms with Crippen LogP contribution in [0.2, 0.25) is 0 Å². The normalized spacial score (nSPS) is 17.0. The van der Waals surface area contributed by atoms with E-state index in [9.17, 15) is 0 Å². The minimum atomic E-state index is -0.365. The highest BCUT2D eigenvalue weighted by Gasteiger charge is 2.47. The molecule has 0 aromatic carbocycles. The van der Waals surface area contributed by atoms with Crippen LogP contribution in [-0.2, 0) is 10.8 Å². The van der Waals surface area contributed by atoms with E-state index >= 15 is 0 Å². The Morgan fingerprint density at radius 3 is 1.02 bits per heavy atom. The van der Waals surface area contributed by atoms with Gasteiger partial charge in [0.1, 0.15) is 66.1 Å². The monoisotopic (exact) mass is 842 g/mol. The molecule has 0 saturated heterocycles. The van der Waals surface area contributed by atoms with Gasteiger partial charge in [-0.2, -0.15) is 0 Å². The van der Waals surface area contributed by atoms with Gasteiger partial charge in [-0.05, 0) is 25.7 Å². The van der Waals surface area contributed by atoms with Crippen molar-refractivity contribution >= 4 is 56.7 Å². The van der Waals surface area contributed by atoms with E-state index in [0.717, 1.165) is 112 Å². The number of ether oxygens (including phenoxy) is 10. The molecule has 0 atom stereocenters. The van der Waals surface area contributed by atoms with E-state index < -0.39 is 0 Å². The molecule has 0 N–H and O–H groups in total. The van der Waals surface area contributed by atoms with Gasteiger partial charge in [0.25, 0.3) is 0 Å². The molecular weight excluding hydrogens is 801 g/mol. The van der Waals surface area contributed by atoms with Crippen molar-refractivity contribution in [1.82, 2.24) is 0 Å². The molecule has 292 valence electrons. The molecule has 0 bridgehead atoms. The first kappa shape index (κ1) is 35.9. The molecule has 5 aliphatic heterocycles. The molecule has 55 heavy (non-hydrogen) atoms. The summed E-state index contributed by atoms with van der Waals surface area (Å²) in [5.74, 6) is 7.96. The van der Waals surface area contributed by atoms with Crippen LogP contribution < -0.4 is 47.4 Å². The molecule has 0 radical (unpaired) electrons. The maximum absolute atomic E-state index is 6.56. The Hall–Kier alpha value is -3.50. The zero-order valence-corrected chi connectivity index (χ0v) is 35.3. The van der Waals surface area contributed by atoms with Crippen LogP contribution in [0, 0.1) is 0 Å². The van der Waals surface area contributed by atoms with Crippen molar-refractivity contribution in [1.29, 1.82) is 0 Å². The molecule has 10 heterocycles. The highest BCUT2D eigenvalue weighted by Crippen LogP contribution is 2.67. The van der Waals surface area contributed by atoms with Gasteiger partial charge in [-0.3, -0.25) is 0 Å². The lowest BCUT2D eigenvalue weighted by atomic mass is 9.78. The van der Waals surface area contributed by atoms with Gasteiger partial charge in [0, 0.05) is 21.6 Å². The summed E-state index contributed by atoms with van der Waals surface area (Å²) in [7, 11) is 0. The second kappa shape index (κ2) is 14.2. The van der Waals surface area contributed by atoms with E-state index in [-0.39, 0.29) is 10.8 Å². The van der Waals surface area contributed by atoms with Gasteiger partial charge in [0.15, 0.2) is 57.5 Å². The molecule has 0 fully saturated rings. The highest BCUT2D eigenvalue weighted by molar-refractivity contribution is 7.28. The molecule has 5 aromatic rings. The average Bonchev–Trinajstić information content (AvgIpc) is 4.09. The molecule has 10 nitrogen and oxygen atoms in total. The molecule has 5 aliphatic rings. The van der Waals surface area contributed by atoms with Gasteiger partial charge in [0.2, 0.25) is 0 Å². The SMILES string of the molecule is CCC(CC)(c1scc2c1OCCO2)c1sc(-c2sc(-c3sc(C(CC)(CC)c4scc5c4OCCO5)c4c3OCCO4)c3c2OCCO3)c2c1OCCO2. The van der Waals surface area contributed by atoms with Crippen molar-refractivity contribution in [3.05, 3.63) is 30.3 Å². The van der Waals surface area contributed by atoms with Gasteiger partial charge < -0.3 is 47.4 Å². The Bertz CT molecular complexity index is 2080. The first-order chi connectivity index (χ1) is 27.1. The van der Waals surface area contributed by atoms with Crippen LogP contribution in [0.5, 0.6) is 57.5 Å². The van der Waals surface area contributed by atoms with E-state index in [0.29, 0.717) is 66.1 Å². The van der Waals surface area contributed by atoms with Gasteiger partial charge in [-0.15, -0.1) is 56.7 Å². The third kappa shape index (κ3) is 5.31. The summed E-state index contributed by atoms with van der Waals surface area (Å²) in [4.78, 5) is 8.50. The molecule has 0 amide bonds. The average molecular weight is 843 g/mol. The standard InChI is InChI=1S/C40H42O10S5/c1-5-39(6-2,35-23-21(19-51-35)41-9-11-43-23)37-29-27(47-15-17-49-29)33(54-37)31-25-26(46-14-13-45-25)32(53-31)34-28-30(50-18-16-48-28)38(55-34)40(7-3,8-4)36-24-22(20-52-36)42-10-12-44-24/h19-20H,5-18H2,1-4H3. The lowest BCUT2D eigenvalue weighted by Crippen LogP contribution is -2.27. The van der Waals surface area contributed by atoms with Gasteiger partial charge in [-0.25, -0.2) is 0 Å². The van der Waals surface area contributed by atoms with Crippen molar-refractivity contribution in [3.63, 3.8) is 0 Å². The summed E-state index contributed by atoms with van der Waals surface area (Å²) in [6, 6.07) is 0. The molecule has 10 rings (SSSR count). The number of hydrogen-bond donors (Lipinski definition) is 0. The second-order valence-corrected chi connectivity index (χ2v) is 18.7. The largest absolute Gasteiger partial charge is 0.485 e. The summed E-state index contributed by atoms with van der Waals surface area (Å²) in [5.41, 5.74) is -0.729. The van der Waals surface area contributed by atoms with E-state index in [1.807, 2.05) is 0 Å². The van der Waals surface area contributed by atoms with E-state index in [1.54, 1.807) is 56.7 Å². The first-order valence-corrected chi connectivity index (χ1v) is 23.3. The van der Waals surface area contributed by atoms with Crippen LogP contribution in [-0.4, -0.2) is 66.1 Å². The third-order valence-electron chi connectivity index (χ3n) is 11.4. The van der Waals surface area contributed by atoms with E-state index in [2.05, 4.69) is 38.5 Å². The fourth-order valence-corrected chi connectivity index (χ4v) is 15.6. The minimum Gasteiger partial charge on any atom is -0.485 e. The number of hydrogen-bond acceptors (Lipinski definition) is 15. The van der Waals surface area contributed by atoms with Crippen LogP contribution in [0.4, 0.5) is 0 Å². The molecule has 0 saturated carbocycles. The fraction of sp³-hybridized carbons (Fsp3) is 0.500. The summed E-state index contributed by atoms with van der Waals surface area (Å²) in [5, 5.41) is 4.16. The highest BCUT2D eigenvalue weighted by atomic mass is 32.1. The third-order valence-corrected chi connectivity index (χ3v) is 17.8. The van der Waals surface area contributed by atoms with E-state index in [4.69, 9.17) is 47.4 Å². The summed E-state index contributed by atoms with van der Waals surface area (Å²) in [6.45, 7) is 14.0. The van der Waals surface area contributed by atoms with Crippen LogP contribution in [0.15, 0.2) is 10.8 Å². The van der Waals surface area contributed by atoms with Crippen molar-refractivity contribution in [3.8, 4) is 77.0 Å². The van der Waals surface area contributed by atoms with Gasteiger partial charge in [0.05, 0.1) is 39.0 Å². The number of fused-ring (bicyclic) bond motifs is 5. The summed E-state index contributed by atoms with van der Waals surface area (Å²) < 4.78 is 63.9. The number of rotatable bonds is 10. The predicted octanol–water partition coefficient (Wildman–Crippen LogP) is 10.4. The lowest BCUT2D eigenvalue weighted by molar-refractivity contribution is 0.166. The topological polar surface area (TPSA) is 92.3 Å². The molecule has 0 aliphatic carbocycles. The first-order valence-electron chi connectivity index (χ1n) is 19.1. The molecule has 5 aromatic heterocycles. The molecule has 15 heteroatoms. The van der Waals surface area contributed by atoms with Crippen LogP contribution in [0.25, 0.3) is 19.5 Å². The van der Waals surface area contributed by atoms with E-state index in [1.165, 1.54) is 9.75 Å². The number of thiophene rings is 5. The Kier molecular flexibility index (Phi) is 9.23. The molecule has 0 unspecified atom stereocenters. The van der Waals surface area contributed by atoms with Gasteiger partial charge in [-0.1, -0.05) is 27.7 Å². The van der Waals surface area contributed by atoms with Crippen LogP contribution in [0.3, 0.4) is 0 Å². The zero-order chi connectivity index (χ0) is 37.3. The molecule has 0 spiro atoms. The Morgan fingerprint density at radius 1 is 0.364 bits per heavy atom. The Morgan fingerprint density at radius 2 is 0.655 bits per heavy atom. The zero-order valence-electron chi connectivity index (χ0n) is 31.2. The fourth-order valence-electron chi connectivity index (χ4n) is 8.46. The maximum atomic E-state index is 6.56. The maximum Gasteiger partial charge on any atom is 0.181 e. The van der Waals surface area contributed by atoms with Crippen LogP contribution >= 0.6 is 56.7 Å². The quantitative estimate of drug-likeness (QED) is 0.135. The van der Waals surface area contributed by atoms with Crippen molar-refractivity contribution in [2.24, 2.45) is 0 Å². The smallest absolute Gasteiger partial charge is 0.181 e. The second-order valence-electron chi connectivity index (χ2n) is 13.8. The lowest BCUT2D eigenvalue weighted by Gasteiger charge is -2.33.